The summed E-state index contributed by atoms with van der Waals surface area (Å²) in [5.41, 5.74) is 6.43. The number of benzene rings is 4. The lowest BCUT2D eigenvalue weighted by atomic mass is 9.89. The Morgan fingerprint density at radius 3 is 2.13 bits per heavy atom. The highest BCUT2D eigenvalue weighted by molar-refractivity contribution is 6.04. The molecule has 0 saturated carbocycles. The molecule has 23 heavy (non-hydrogen) atoms. The molecule has 0 nitrogen and oxygen atoms in total. The van der Waals surface area contributed by atoms with E-state index in [1.165, 1.54) is 38.6 Å². The lowest BCUT2D eigenvalue weighted by Crippen LogP contribution is -1.88. The summed E-state index contributed by atoms with van der Waals surface area (Å²) in [5, 5.41) is 2.58. The first kappa shape index (κ1) is 13.8. The topological polar surface area (TPSA) is 0 Å². The number of aryl methyl sites for hydroxylation is 1. The summed E-state index contributed by atoms with van der Waals surface area (Å²) >= 11 is 0. The second-order valence-electron chi connectivity index (χ2n) is 5.94. The molecule has 0 amide bonds. The number of rotatable bonds is 2. The van der Waals surface area contributed by atoms with Crippen LogP contribution in [0.2, 0.25) is 0 Å². The summed E-state index contributed by atoms with van der Waals surface area (Å²) in [6.45, 7) is 2.15. The normalized spacial score (nSPS) is 10.8. The van der Waals surface area contributed by atoms with Crippen LogP contribution in [0.15, 0.2) is 91.0 Å². The Balaban J connectivity index is 2.09. The molecule has 0 heteroatoms. The Kier molecular flexibility index (Phi) is 3.44. The van der Waals surface area contributed by atoms with Crippen LogP contribution >= 0.6 is 0 Å². The molecule has 0 aliphatic carbocycles. The molecule has 0 unspecified atom stereocenters. The minimum Gasteiger partial charge on any atom is -0.0622 e. The van der Waals surface area contributed by atoms with E-state index in [1.54, 1.807) is 0 Å². The lowest BCUT2D eigenvalue weighted by Gasteiger charge is -2.14. The Morgan fingerprint density at radius 2 is 1.30 bits per heavy atom. The van der Waals surface area contributed by atoms with Gasteiger partial charge in [0, 0.05) is 0 Å². The van der Waals surface area contributed by atoms with Crippen molar-refractivity contribution in [1.82, 2.24) is 0 Å². The van der Waals surface area contributed by atoms with E-state index in [9.17, 15) is 0 Å². The fourth-order valence-corrected chi connectivity index (χ4v) is 3.24. The predicted octanol–water partition coefficient (Wildman–Crippen LogP) is 6.48. The van der Waals surface area contributed by atoms with E-state index in [-0.39, 0.29) is 0 Å². The van der Waals surface area contributed by atoms with E-state index < -0.39 is 0 Å². The van der Waals surface area contributed by atoms with Gasteiger partial charge in [-0.1, -0.05) is 96.6 Å². The molecule has 0 saturated heterocycles. The highest BCUT2D eigenvalue weighted by Gasteiger charge is 2.11. The summed E-state index contributed by atoms with van der Waals surface area (Å²) in [5.74, 6) is 0. The van der Waals surface area contributed by atoms with Crippen molar-refractivity contribution in [3.05, 3.63) is 96.6 Å². The second kappa shape index (κ2) is 5.73. The highest BCUT2D eigenvalue weighted by Crippen LogP contribution is 2.38. The van der Waals surface area contributed by atoms with Gasteiger partial charge in [-0.05, 0) is 39.9 Å². The van der Waals surface area contributed by atoms with Crippen molar-refractivity contribution in [2.24, 2.45) is 0 Å². The Morgan fingerprint density at radius 1 is 0.565 bits per heavy atom. The van der Waals surface area contributed by atoms with Crippen molar-refractivity contribution < 1.29 is 0 Å². The summed E-state index contributed by atoms with van der Waals surface area (Å²) in [4.78, 5) is 0. The quantitative estimate of drug-likeness (QED) is 0.397. The molecular weight excluding hydrogens is 276 g/mol. The SMILES string of the molecule is Cc1cccc(-c2ccc3ccccc3c2-c2ccccc2)c1. The largest absolute Gasteiger partial charge is 0.0622 e. The molecule has 0 heterocycles. The van der Waals surface area contributed by atoms with Crippen molar-refractivity contribution in [1.29, 1.82) is 0 Å². The van der Waals surface area contributed by atoms with Crippen LogP contribution in [0.25, 0.3) is 33.0 Å². The molecular formula is C23H18. The molecule has 0 atom stereocenters. The van der Waals surface area contributed by atoms with Gasteiger partial charge in [-0.15, -0.1) is 0 Å². The number of fused-ring (bicyclic) bond motifs is 1. The van der Waals surface area contributed by atoms with E-state index in [0.717, 1.165) is 0 Å². The molecule has 0 bridgehead atoms. The van der Waals surface area contributed by atoms with Gasteiger partial charge in [0.05, 0.1) is 0 Å². The van der Waals surface area contributed by atoms with Gasteiger partial charge in [0.15, 0.2) is 0 Å². The maximum Gasteiger partial charge on any atom is -0.00268 e. The average molecular weight is 294 g/mol. The van der Waals surface area contributed by atoms with Crippen LogP contribution in [0.3, 0.4) is 0 Å². The van der Waals surface area contributed by atoms with E-state index in [0.29, 0.717) is 0 Å². The molecule has 4 aromatic carbocycles. The first-order valence-corrected chi connectivity index (χ1v) is 7.97. The third-order valence-corrected chi connectivity index (χ3v) is 4.32. The molecule has 110 valence electrons. The molecule has 0 fully saturated rings. The van der Waals surface area contributed by atoms with Crippen molar-refractivity contribution in [3.63, 3.8) is 0 Å². The van der Waals surface area contributed by atoms with Crippen molar-refractivity contribution >= 4 is 10.8 Å². The maximum atomic E-state index is 2.26. The molecule has 0 aromatic heterocycles. The molecule has 4 rings (SSSR count). The van der Waals surface area contributed by atoms with Crippen LogP contribution in [-0.4, -0.2) is 0 Å². The van der Waals surface area contributed by atoms with Crippen LogP contribution in [-0.2, 0) is 0 Å². The van der Waals surface area contributed by atoms with Crippen LogP contribution in [0.4, 0.5) is 0 Å². The maximum absolute atomic E-state index is 2.26. The molecule has 0 spiro atoms. The van der Waals surface area contributed by atoms with Gasteiger partial charge in [-0.2, -0.15) is 0 Å². The minimum atomic E-state index is 1.26. The monoisotopic (exact) mass is 294 g/mol. The first-order valence-electron chi connectivity index (χ1n) is 7.97. The van der Waals surface area contributed by atoms with Gasteiger partial charge in [-0.25, -0.2) is 0 Å². The van der Waals surface area contributed by atoms with Gasteiger partial charge in [0.25, 0.3) is 0 Å². The van der Waals surface area contributed by atoms with Crippen molar-refractivity contribution in [2.45, 2.75) is 6.92 Å². The standard InChI is InChI=1S/C23H18/c1-17-8-7-12-20(16-17)22-15-14-18-9-5-6-13-21(18)23(22)19-10-3-2-4-11-19/h2-16H,1H3. The third-order valence-electron chi connectivity index (χ3n) is 4.32. The lowest BCUT2D eigenvalue weighted by molar-refractivity contribution is 1.47. The Hall–Kier alpha value is -2.86. The first-order chi connectivity index (χ1) is 11.3. The van der Waals surface area contributed by atoms with E-state index >= 15 is 0 Å². The third kappa shape index (κ3) is 2.53. The van der Waals surface area contributed by atoms with E-state index in [1.807, 2.05) is 0 Å². The van der Waals surface area contributed by atoms with Crippen molar-refractivity contribution in [2.75, 3.05) is 0 Å². The Bertz CT molecular complexity index is 965. The molecule has 0 aliphatic rings. The van der Waals surface area contributed by atoms with Gasteiger partial charge in [-0.3, -0.25) is 0 Å². The zero-order valence-corrected chi connectivity index (χ0v) is 13.2. The fraction of sp³-hybridized carbons (Fsp3) is 0.0435. The van der Waals surface area contributed by atoms with Gasteiger partial charge >= 0.3 is 0 Å². The highest BCUT2D eigenvalue weighted by atomic mass is 14.1. The second-order valence-corrected chi connectivity index (χ2v) is 5.94. The summed E-state index contributed by atoms with van der Waals surface area (Å²) in [6.07, 6.45) is 0. The smallest absolute Gasteiger partial charge is 0.00268 e. The molecule has 0 aliphatic heterocycles. The number of hydrogen-bond donors (Lipinski definition) is 0. The summed E-state index contributed by atoms with van der Waals surface area (Å²) < 4.78 is 0. The average Bonchev–Trinajstić information content (AvgIpc) is 2.61. The zero-order valence-electron chi connectivity index (χ0n) is 13.2. The van der Waals surface area contributed by atoms with Gasteiger partial charge < -0.3 is 0 Å². The van der Waals surface area contributed by atoms with Gasteiger partial charge in [0.2, 0.25) is 0 Å². The number of hydrogen-bond acceptors (Lipinski definition) is 0. The van der Waals surface area contributed by atoms with E-state index in [4.69, 9.17) is 0 Å². The molecule has 0 N–H and O–H groups in total. The van der Waals surface area contributed by atoms with Crippen LogP contribution in [0.1, 0.15) is 5.56 Å². The predicted molar refractivity (Wildman–Crippen MR) is 99.6 cm³/mol. The fourth-order valence-electron chi connectivity index (χ4n) is 3.24. The zero-order chi connectivity index (χ0) is 15.6. The summed E-state index contributed by atoms with van der Waals surface area (Å²) in [6, 6.07) is 32.5. The van der Waals surface area contributed by atoms with Crippen LogP contribution < -0.4 is 0 Å². The summed E-state index contributed by atoms with van der Waals surface area (Å²) in [7, 11) is 0. The van der Waals surface area contributed by atoms with Gasteiger partial charge in [0.1, 0.15) is 0 Å². The minimum absolute atomic E-state index is 1.26. The molecule has 4 aromatic rings. The molecule has 0 radical (unpaired) electrons. The Labute approximate surface area is 137 Å². The van der Waals surface area contributed by atoms with Crippen molar-refractivity contribution in [3.8, 4) is 22.3 Å². The van der Waals surface area contributed by atoms with E-state index in [2.05, 4.69) is 97.9 Å². The van der Waals surface area contributed by atoms with Crippen LogP contribution in [0, 0.1) is 6.92 Å². The van der Waals surface area contributed by atoms with Crippen LogP contribution in [0.5, 0.6) is 0 Å².